The van der Waals surface area contributed by atoms with Crippen molar-refractivity contribution in [3.05, 3.63) is 77.9 Å². The number of hydrogen-bond acceptors (Lipinski definition) is 11. The van der Waals surface area contributed by atoms with Gasteiger partial charge >= 0.3 is 11.9 Å². The van der Waals surface area contributed by atoms with E-state index in [0.29, 0.717) is 36.8 Å². The van der Waals surface area contributed by atoms with Crippen LogP contribution in [0.15, 0.2) is 72.4 Å². The molecular formula is C44H62N4O10. The molecule has 58 heavy (non-hydrogen) atoms. The van der Waals surface area contributed by atoms with Crippen LogP contribution in [0.2, 0.25) is 0 Å². The van der Waals surface area contributed by atoms with Crippen molar-refractivity contribution in [2.45, 2.75) is 128 Å². The van der Waals surface area contributed by atoms with E-state index in [1.54, 1.807) is 65.0 Å². The van der Waals surface area contributed by atoms with Crippen LogP contribution >= 0.6 is 0 Å². The van der Waals surface area contributed by atoms with Gasteiger partial charge in [-0.2, -0.15) is 0 Å². The first-order valence-corrected chi connectivity index (χ1v) is 20.5. The molecule has 2 aliphatic heterocycles. The number of amides is 3. The van der Waals surface area contributed by atoms with Crippen LogP contribution < -0.4 is 16.1 Å². The number of hydrogen-bond donors (Lipinski definition) is 6. The summed E-state index contributed by atoms with van der Waals surface area (Å²) in [6.45, 7) is 10.9. The van der Waals surface area contributed by atoms with Gasteiger partial charge < -0.3 is 35.4 Å². The van der Waals surface area contributed by atoms with Gasteiger partial charge in [0.2, 0.25) is 11.8 Å². The fourth-order valence-corrected chi connectivity index (χ4v) is 7.46. The molecule has 1 aromatic carbocycles. The highest BCUT2D eigenvalue weighted by Gasteiger charge is 2.64. The Labute approximate surface area is 341 Å². The van der Waals surface area contributed by atoms with E-state index in [9.17, 15) is 39.3 Å². The first kappa shape index (κ1) is 45.9. The predicted molar refractivity (Wildman–Crippen MR) is 217 cm³/mol. The number of benzene rings is 1. The predicted octanol–water partition coefficient (Wildman–Crippen LogP) is 4.03. The third-order valence-corrected chi connectivity index (χ3v) is 11.0. The molecule has 9 atom stereocenters. The second kappa shape index (κ2) is 21.3. The number of hydrazine groups is 1. The number of fused-ring (bicyclic) bond motifs is 2. The minimum absolute atomic E-state index is 0.000365. The zero-order valence-corrected chi connectivity index (χ0v) is 34.6. The molecule has 14 heteroatoms. The van der Waals surface area contributed by atoms with E-state index < -0.39 is 83.3 Å². The molecule has 0 radical (unpaired) electrons. The highest BCUT2D eigenvalue weighted by molar-refractivity contribution is 5.98. The van der Waals surface area contributed by atoms with Gasteiger partial charge in [-0.05, 0) is 94.4 Å². The summed E-state index contributed by atoms with van der Waals surface area (Å²) in [4.78, 5) is 68.6. The van der Waals surface area contributed by atoms with Gasteiger partial charge in [-0.25, -0.2) is 10.2 Å². The summed E-state index contributed by atoms with van der Waals surface area (Å²) in [5, 5.41) is 39.1. The number of aliphatic hydroxyl groups excluding tert-OH is 2. The molecule has 2 bridgehead atoms. The molecule has 0 aromatic heterocycles. The van der Waals surface area contributed by atoms with Gasteiger partial charge in [0.15, 0.2) is 0 Å². The fourth-order valence-electron chi connectivity index (χ4n) is 7.46. The van der Waals surface area contributed by atoms with Crippen LogP contribution in [0, 0.1) is 17.8 Å². The lowest BCUT2D eigenvalue weighted by Gasteiger charge is -2.36. The van der Waals surface area contributed by atoms with Gasteiger partial charge in [-0.1, -0.05) is 69.4 Å². The average molecular weight is 807 g/mol. The van der Waals surface area contributed by atoms with Crippen molar-refractivity contribution >= 4 is 29.7 Å². The third-order valence-electron chi connectivity index (χ3n) is 11.0. The zero-order chi connectivity index (χ0) is 42.6. The first-order chi connectivity index (χ1) is 27.6. The van der Waals surface area contributed by atoms with Gasteiger partial charge in [-0.3, -0.25) is 24.2 Å². The summed E-state index contributed by atoms with van der Waals surface area (Å²) >= 11 is 0. The molecule has 4 rings (SSSR count). The van der Waals surface area contributed by atoms with E-state index in [2.05, 4.69) is 16.1 Å². The number of carbonyl (C=O) groups is 5. The number of ether oxygens (including phenoxy) is 2. The molecule has 1 spiro atoms. The number of allylic oxidation sites excluding steroid dienone is 5. The average Bonchev–Trinajstić information content (AvgIpc) is 3.91. The lowest BCUT2D eigenvalue weighted by atomic mass is 9.85. The molecule has 3 amide bonds. The maximum absolute atomic E-state index is 14.6. The molecule has 1 aliphatic carbocycles. The van der Waals surface area contributed by atoms with Crippen LogP contribution in [0.5, 0.6) is 5.75 Å². The quantitative estimate of drug-likeness (QED) is 0.120. The lowest BCUT2D eigenvalue weighted by molar-refractivity contribution is -0.156. The Bertz CT molecular complexity index is 1740. The van der Waals surface area contributed by atoms with Crippen LogP contribution in [-0.2, 0) is 33.4 Å². The Kier molecular flexibility index (Phi) is 16.8. The highest BCUT2D eigenvalue weighted by Crippen LogP contribution is 2.53. The van der Waals surface area contributed by atoms with E-state index in [1.807, 2.05) is 25.2 Å². The molecule has 3 aliphatic rings. The van der Waals surface area contributed by atoms with Crippen molar-refractivity contribution in [1.82, 2.24) is 21.1 Å². The smallest absolute Gasteiger partial charge is 0.330 e. The molecule has 1 aromatic rings. The first-order valence-electron chi connectivity index (χ1n) is 20.5. The maximum Gasteiger partial charge on any atom is 0.330 e. The molecule has 1 saturated carbocycles. The Hall–Kier alpha value is -4.79. The summed E-state index contributed by atoms with van der Waals surface area (Å²) in [7, 11) is 0. The lowest BCUT2D eigenvalue weighted by Crippen LogP contribution is -2.63. The molecule has 14 nitrogen and oxygen atoms in total. The second-order valence-corrected chi connectivity index (χ2v) is 16.1. The molecule has 6 N–H and O–H groups in total. The topological polar surface area (TPSA) is 204 Å². The Morgan fingerprint density at radius 3 is 2.50 bits per heavy atom. The number of phenolic OH excluding ortho intramolecular Hbond substituents is 1. The number of nitrogens with zero attached hydrogens (tertiary/aromatic N) is 1. The van der Waals surface area contributed by atoms with Crippen LogP contribution in [-0.4, -0.2) is 99.1 Å². The fraction of sp³-hybridized carbons (Fsp3) is 0.568. The van der Waals surface area contributed by atoms with E-state index in [4.69, 9.17) is 9.47 Å². The van der Waals surface area contributed by atoms with Gasteiger partial charge in [-0.15, -0.1) is 0 Å². The monoisotopic (exact) mass is 806 g/mol. The van der Waals surface area contributed by atoms with Crippen molar-refractivity contribution in [2.24, 2.45) is 17.8 Å². The van der Waals surface area contributed by atoms with Gasteiger partial charge in [0.25, 0.3) is 5.91 Å². The summed E-state index contributed by atoms with van der Waals surface area (Å²) in [6, 6.07) is 4.51. The van der Waals surface area contributed by atoms with Crippen LogP contribution in [0.25, 0.3) is 0 Å². The Morgan fingerprint density at radius 2 is 1.83 bits per heavy atom. The van der Waals surface area contributed by atoms with E-state index in [-0.39, 0.29) is 44.1 Å². The summed E-state index contributed by atoms with van der Waals surface area (Å²) in [5.41, 5.74) is 2.88. The standard InChI is InChI=1S/C44H62N4O10/c1-7-57-37(51)21-12-16-28(4)36-20-11-9-8-10-15-29(5)39(52)33(23-22-30(6)49)40(53)45-38(27(2)3)41(54)46-44(26-34(44)31-17-13-18-32(50)25-31)43(56)48-24-14-19-35(47-48)42(55)58-36/h8-13,16-18,21,25,27,29-30,33-36,38-39,47,49-50,52H,7,14-15,19-20,22-24,26H2,1-6H3,(H,45,53)(H,46,54)/b10-8+,11-9+,21-12+,28-16+/t29-,30?,33+,34-,35?,36-,38-,39+,44?/m0/s1. The van der Waals surface area contributed by atoms with Crippen molar-refractivity contribution in [1.29, 1.82) is 0 Å². The largest absolute Gasteiger partial charge is 0.508 e. The van der Waals surface area contributed by atoms with Crippen molar-refractivity contribution in [2.75, 3.05) is 13.2 Å². The van der Waals surface area contributed by atoms with E-state index in [1.165, 1.54) is 23.2 Å². The third kappa shape index (κ3) is 12.4. The Balaban J connectivity index is 1.72. The number of esters is 2. The number of cyclic esters (lactones) is 1. The molecular weight excluding hydrogens is 745 g/mol. The van der Waals surface area contributed by atoms with Crippen molar-refractivity contribution < 1.29 is 48.8 Å². The number of aromatic hydroxyl groups is 1. The maximum atomic E-state index is 14.6. The van der Waals surface area contributed by atoms with Crippen molar-refractivity contribution in [3.63, 3.8) is 0 Å². The molecule has 3 unspecified atom stereocenters. The SMILES string of the molecule is CCOC(=O)/C=C/C=C(\C)[C@@H]1C/C=C/C=C/C[C@H](C)[C@@H](O)[C@@H](CCC(C)O)C(=O)N[C@@H](C(C)C)C(=O)NC2(C[C@H]2c2cccc(O)c2)C(=O)N2CCCC(N2)C(=O)O1. The number of phenols is 1. The van der Waals surface area contributed by atoms with Crippen LogP contribution in [0.1, 0.15) is 98.0 Å². The summed E-state index contributed by atoms with van der Waals surface area (Å²) in [6.07, 6.45) is 11.4. The zero-order valence-electron chi connectivity index (χ0n) is 34.6. The number of aliphatic hydroxyl groups is 2. The molecule has 318 valence electrons. The van der Waals surface area contributed by atoms with Crippen LogP contribution in [0.4, 0.5) is 0 Å². The summed E-state index contributed by atoms with van der Waals surface area (Å²) < 4.78 is 11.0. The second-order valence-electron chi connectivity index (χ2n) is 16.1. The number of nitrogens with one attached hydrogen (secondary N) is 3. The van der Waals surface area contributed by atoms with Gasteiger partial charge in [0.05, 0.1) is 24.7 Å². The molecule has 1 saturated heterocycles. The normalized spacial score (nSPS) is 31.1. The Morgan fingerprint density at radius 1 is 1.10 bits per heavy atom. The number of carbonyl (C=O) groups excluding carboxylic acids is 5. The highest BCUT2D eigenvalue weighted by atomic mass is 16.5. The minimum atomic E-state index is -1.47. The van der Waals surface area contributed by atoms with Crippen LogP contribution in [0.3, 0.4) is 0 Å². The molecule has 2 heterocycles. The van der Waals surface area contributed by atoms with Gasteiger partial charge in [0.1, 0.15) is 29.5 Å². The summed E-state index contributed by atoms with van der Waals surface area (Å²) in [5.74, 6) is -4.95. The van der Waals surface area contributed by atoms with Gasteiger partial charge in [0, 0.05) is 25.0 Å². The number of rotatable bonds is 9. The van der Waals surface area contributed by atoms with E-state index in [0.717, 1.165) is 0 Å². The van der Waals surface area contributed by atoms with E-state index >= 15 is 0 Å². The molecule has 2 fully saturated rings. The van der Waals surface area contributed by atoms with Crippen molar-refractivity contribution in [3.8, 4) is 5.75 Å². The minimum Gasteiger partial charge on any atom is -0.508 e.